The summed E-state index contributed by atoms with van der Waals surface area (Å²) in [5, 5.41) is 0. The second-order valence-electron chi connectivity index (χ2n) is 2.85. The maximum absolute atomic E-state index is 11.0. The van der Waals surface area contributed by atoms with Crippen LogP contribution in [0.15, 0.2) is 12.2 Å². The van der Waals surface area contributed by atoms with Crippen LogP contribution >= 0.6 is 0 Å². The Labute approximate surface area is 73.7 Å². The summed E-state index contributed by atoms with van der Waals surface area (Å²) in [5.74, 6) is 0.276. The lowest BCUT2D eigenvalue weighted by Gasteiger charge is -1.95. The molecule has 0 amide bonds. The van der Waals surface area contributed by atoms with Crippen LogP contribution in [-0.4, -0.2) is 11.6 Å². The molecular formula is C10H16O2. The van der Waals surface area contributed by atoms with Gasteiger partial charge in [-0.15, -0.1) is 0 Å². The molecule has 0 aliphatic carbocycles. The summed E-state index contributed by atoms with van der Waals surface area (Å²) in [7, 11) is 0. The first-order valence-corrected chi connectivity index (χ1v) is 4.29. The molecule has 0 radical (unpaired) electrons. The Morgan fingerprint density at radius 1 is 1.17 bits per heavy atom. The molecule has 0 atom stereocenters. The SMILES string of the molecule is C/C=C/CCC(=O)CCC(C)=O. The van der Waals surface area contributed by atoms with Gasteiger partial charge in [0.25, 0.3) is 0 Å². The molecule has 0 heterocycles. The number of ketones is 2. The van der Waals surface area contributed by atoms with E-state index in [1.807, 2.05) is 19.1 Å². The third-order valence-corrected chi connectivity index (χ3v) is 1.58. The van der Waals surface area contributed by atoms with E-state index in [2.05, 4.69) is 0 Å². The van der Waals surface area contributed by atoms with Crippen LogP contribution in [0.5, 0.6) is 0 Å². The molecule has 2 heteroatoms. The largest absolute Gasteiger partial charge is 0.300 e. The Morgan fingerprint density at radius 3 is 2.33 bits per heavy atom. The number of carbonyl (C=O) groups is 2. The Kier molecular flexibility index (Phi) is 6.25. The van der Waals surface area contributed by atoms with E-state index in [0.29, 0.717) is 19.3 Å². The van der Waals surface area contributed by atoms with Crippen LogP contribution in [0.1, 0.15) is 39.5 Å². The summed E-state index contributed by atoms with van der Waals surface area (Å²) in [4.78, 5) is 21.5. The maximum atomic E-state index is 11.0. The zero-order valence-electron chi connectivity index (χ0n) is 7.80. The third-order valence-electron chi connectivity index (χ3n) is 1.58. The van der Waals surface area contributed by atoms with Crippen molar-refractivity contribution in [3.05, 3.63) is 12.2 Å². The highest BCUT2D eigenvalue weighted by molar-refractivity contribution is 5.84. The van der Waals surface area contributed by atoms with Crippen LogP contribution in [-0.2, 0) is 9.59 Å². The van der Waals surface area contributed by atoms with E-state index in [1.54, 1.807) is 0 Å². The van der Waals surface area contributed by atoms with Crippen molar-refractivity contribution >= 4 is 11.6 Å². The van der Waals surface area contributed by atoms with Gasteiger partial charge in [0, 0.05) is 19.3 Å². The lowest BCUT2D eigenvalue weighted by Crippen LogP contribution is -2.00. The molecule has 0 saturated carbocycles. The minimum absolute atomic E-state index is 0.0920. The van der Waals surface area contributed by atoms with Crippen molar-refractivity contribution in [2.24, 2.45) is 0 Å². The van der Waals surface area contributed by atoms with E-state index in [1.165, 1.54) is 6.92 Å². The normalized spacial score (nSPS) is 10.5. The molecule has 0 N–H and O–H groups in total. The zero-order chi connectivity index (χ0) is 9.40. The van der Waals surface area contributed by atoms with Crippen LogP contribution in [0.25, 0.3) is 0 Å². The number of hydrogen-bond donors (Lipinski definition) is 0. The van der Waals surface area contributed by atoms with Crippen molar-refractivity contribution in [3.63, 3.8) is 0 Å². The fraction of sp³-hybridized carbons (Fsp3) is 0.600. The van der Waals surface area contributed by atoms with Crippen molar-refractivity contribution in [1.82, 2.24) is 0 Å². The van der Waals surface area contributed by atoms with Crippen LogP contribution in [0.4, 0.5) is 0 Å². The molecule has 0 spiro atoms. The van der Waals surface area contributed by atoms with Crippen molar-refractivity contribution in [1.29, 1.82) is 0 Å². The van der Waals surface area contributed by atoms with E-state index < -0.39 is 0 Å². The highest BCUT2D eigenvalue weighted by atomic mass is 16.1. The molecule has 0 bridgehead atoms. The molecule has 0 aromatic heterocycles. The number of carbonyl (C=O) groups excluding carboxylic acids is 2. The van der Waals surface area contributed by atoms with Crippen LogP contribution in [0, 0.1) is 0 Å². The summed E-state index contributed by atoms with van der Waals surface area (Å²) in [6, 6.07) is 0. The average Bonchev–Trinajstić information content (AvgIpc) is 2.01. The smallest absolute Gasteiger partial charge is 0.133 e. The van der Waals surface area contributed by atoms with Gasteiger partial charge >= 0.3 is 0 Å². The van der Waals surface area contributed by atoms with Gasteiger partial charge in [-0.3, -0.25) is 4.79 Å². The van der Waals surface area contributed by atoms with E-state index in [-0.39, 0.29) is 11.6 Å². The van der Waals surface area contributed by atoms with E-state index >= 15 is 0 Å². The molecule has 68 valence electrons. The number of rotatable bonds is 6. The molecule has 0 unspecified atom stereocenters. The predicted octanol–water partition coefficient (Wildman–Crippen LogP) is 2.28. The second kappa shape index (κ2) is 6.77. The van der Waals surface area contributed by atoms with Crippen molar-refractivity contribution in [3.8, 4) is 0 Å². The maximum Gasteiger partial charge on any atom is 0.133 e. The van der Waals surface area contributed by atoms with Gasteiger partial charge in [0.1, 0.15) is 11.6 Å². The first-order valence-electron chi connectivity index (χ1n) is 4.29. The van der Waals surface area contributed by atoms with Crippen LogP contribution < -0.4 is 0 Å². The standard InChI is InChI=1S/C10H16O2/c1-3-4-5-6-10(12)8-7-9(2)11/h3-4H,5-8H2,1-2H3/b4-3+. The number of hydrogen-bond acceptors (Lipinski definition) is 2. The summed E-state index contributed by atoms with van der Waals surface area (Å²) in [6.45, 7) is 3.44. The van der Waals surface area contributed by atoms with E-state index in [4.69, 9.17) is 0 Å². The molecule has 0 aromatic carbocycles. The van der Waals surface area contributed by atoms with E-state index in [0.717, 1.165) is 6.42 Å². The molecule has 0 aromatic rings. The van der Waals surface area contributed by atoms with Gasteiger partial charge in [-0.25, -0.2) is 0 Å². The van der Waals surface area contributed by atoms with Gasteiger partial charge in [-0.05, 0) is 20.3 Å². The van der Waals surface area contributed by atoms with E-state index in [9.17, 15) is 9.59 Å². The molecule has 12 heavy (non-hydrogen) atoms. The average molecular weight is 168 g/mol. The van der Waals surface area contributed by atoms with Gasteiger partial charge < -0.3 is 4.79 Å². The Balaban J connectivity index is 3.40. The van der Waals surface area contributed by atoms with Gasteiger partial charge in [-0.2, -0.15) is 0 Å². The van der Waals surface area contributed by atoms with Gasteiger partial charge in [0.2, 0.25) is 0 Å². The Bertz CT molecular complexity index is 180. The van der Waals surface area contributed by atoms with Crippen molar-refractivity contribution in [2.75, 3.05) is 0 Å². The summed E-state index contributed by atoms with van der Waals surface area (Å²) in [5.41, 5.74) is 0. The minimum Gasteiger partial charge on any atom is -0.300 e. The first-order chi connectivity index (χ1) is 5.66. The predicted molar refractivity (Wildman–Crippen MR) is 49.0 cm³/mol. The van der Waals surface area contributed by atoms with Gasteiger partial charge in [0.15, 0.2) is 0 Å². The lowest BCUT2D eigenvalue weighted by molar-refractivity contribution is -0.123. The second-order valence-corrected chi connectivity index (χ2v) is 2.85. The highest BCUT2D eigenvalue weighted by Crippen LogP contribution is 1.99. The number of Topliss-reactive ketones (excluding diaryl/α,β-unsaturated/α-hetero) is 2. The molecule has 0 saturated heterocycles. The Morgan fingerprint density at radius 2 is 1.83 bits per heavy atom. The highest BCUT2D eigenvalue weighted by Gasteiger charge is 2.01. The summed E-state index contributed by atoms with van der Waals surface area (Å²) < 4.78 is 0. The molecule has 0 fully saturated rings. The fourth-order valence-corrected chi connectivity index (χ4v) is 0.851. The molecule has 0 aliphatic rings. The zero-order valence-corrected chi connectivity index (χ0v) is 7.80. The quantitative estimate of drug-likeness (QED) is 0.570. The minimum atomic E-state index is 0.0920. The first kappa shape index (κ1) is 11.1. The number of allylic oxidation sites excluding steroid dienone is 2. The monoisotopic (exact) mass is 168 g/mol. The fourth-order valence-electron chi connectivity index (χ4n) is 0.851. The third kappa shape index (κ3) is 7.19. The van der Waals surface area contributed by atoms with Gasteiger partial charge in [-0.1, -0.05) is 12.2 Å². The summed E-state index contributed by atoms with van der Waals surface area (Å²) >= 11 is 0. The topological polar surface area (TPSA) is 34.1 Å². The summed E-state index contributed by atoms with van der Waals surface area (Å²) in [6.07, 6.45) is 6.07. The molecule has 2 nitrogen and oxygen atoms in total. The molecular weight excluding hydrogens is 152 g/mol. The Hall–Kier alpha value is -0.920. The van der Waals surface area contributed by atoms with Crippen LogP contribution in [0.2, 0.25) is 0 Å². The molecule has 0 aliphatic heterocycles. The van der Waals surface area contributed by atoms with Crippen LogP contribution in [0.3, 0.4) is 0 Å². The van der Waals surface area contributed by atoms with Gasteiger partial charge in [0.05, 0.1) is 0 Å². The molecule has 0 rings (SSSR count). The van der Waals surface area contributed by atoms with Crippen molar-refractivity contribution in [2.45, 2.75) is 39.5 Å². The lowest BCUT2D eigenvalue weighted by atomic mass is 10.1. The van der Waals surface area contributed by atoms with Crippen molar-refractivity contribution < 1.29 is 9.59 Å².